The quantitative estimate of drug-likeness (QED) is 0.292. The monoisotopic (exact) mass is 618 g/mol. The maximum atomic E-state index is 15.2. The van der Waals surface area contributed by atoms with Crippen LogP contribution in [0.25, 0.3) is 0 Å². The SMILES string of the molecule is C[C@H]1CNC[C@H](CCc2c(F)cccc2NC(=O)[C@@H](N)C(c2ccc(F)cc2)c2cc(F)cc(F)c2)N1S(=O)(=O)C1CC1. The minimum atomic E-state index is -3.48. The number of nitrogens with one attached hydrogen (secondary N) is 2. The number of sulfonamides is 1. The summed E-state index contributed by atoms with van der Waals surface area (Å²) < 4.78 is 85.1. The van der Waals surface area contributed by atoms with Gasteiger partial charge in [-0.1, -0.05) is 18.2 Å². The zero-order chi connectivity index (χ0) is 30.9. The van der Waals surface area contributed by atoms with Gasteiger partial charge in [0, 0.05) is 48.4 Å². The average molecular weight is 619 g/mol. The number of amides is 1. The number of nitrogens with zero attached hydrogens (tertiary/aromatic N) is 1. The van der Waals surface area contributed by atoms with Crippen LogP contribution in [0.15, 0.2) is 60.7 Å². The zero-order valence-corrected chi connectivity index (χ0v) is 24.4. The molecule has 3 aromatic carbocycles. The Morgan fingerprint density at radius 2 is 1.65 bits per heavy atom. The molecule has 0 bridgehead atoms. The van der Waals surface area contributed by atoms with Crippen molar-refractivity contribution in [3.05, 3.63) is 101 Å². The molecule has 2 fully saturated rings. The minimum absolute atomic E-state index is 0.0714. The molecule has 5 rings (SSSR count). The highest BCUT2D eigenvalue weighted by Crippen LogP contribution is 2.35. The summed E-state index contributed by atoms with van der Waals surface area (Å²) in [6.45, 7) is 2.78. The van der Waals surface area contributed by atoms with Gasteiger partial charge in [0.25, 0.3) is 0 Å². The number of benzene rings is 3. The number of hydrogen-bond acceptors (Lipinski definition) is 5. The molecule has 1 saturated heterocycles. The first-order chi connectivity index (χ1) is 20.5. The Bertz CT molecular complexity index is 1560. The third-order valence-electron chi connectivity index (χ3n) is 8.09. The summed E-state index contributed by atoms with van der Waals surface area (Å²) in [6.07, 6.45) is 1.71. The Balaban J connectivity index is 1.38. The smallest absolute Gasteiger partial charge is 0.242 e. The third kappa shape index (κ3) is 6.93. The Kier molecular flexibility index (Phi) is 9.21. The molecular formula is C31H34F4N4O3S. The molecule has 0 spiro atoms. The van der Waals surface area contributed by atoms with Crippen LogP contribution in [-0.2, 0) is 21.2 Å². The van der Waals surface area contributed by atoms with E-state index in [-0.39, 0.29) is 34.5 Å². The number of anilines is 1. The predicted octanol–water partition coefficient (Wildman–Crippen LogP) is 4.43. The Hall–Kier alpha value is -3.32. The van der Waals surface area contributed by atoms with E-state index in [1.165, 1.54) is 30.3 Å². The van der Waals surface area contributed by atoms with Gasteiger partial charge in [0.05, 0.1) is 11.3 Å². The lowest BCUT2D eigenvalue weighted by Gasteiger charge is -2.40. The fourth-order valence-electron chi connectivity index (χ4n) is 5.86. The molecule has 1 heterocycles. The van der Waals surface area contributed by atoms with Gasteiger partial charge in [0.1, 0.15) is 23.3 Å². The van der Waals surface area contributed by atoms with Crippen LogP contribution in [0.1, 0.15) is 48.8 Å². The molecule has 0 radical (unpaired) electrons. The van der Waals surface area contributed by atoms with Crippen molar-refractivity contribution < 1.29 is 30.8 Å². The van der Waals surface area contributed by atoms with Crippen molar-refractivity contribution >= 4 is 21.6 Å². The molecule has 0 aromatic heterocycles. The molecule has 230 valence electrons. The standard InChI is InChI=1S/C31H34F4N4O3S/c1-18-16-37-17-24(39(18)43(41,42)25-10-11-25)9-12-26-27(35)3-2-4-28(26)38-31(40)30(36)29(19-5-7-21(32)8-6-19)20-13-22(33)15-23(34)14-20/h2-8,13-15,18,24-25,29-30,37H,9-12,16-17,36H2,1H3,(H,38,40)/t18-,24-,29?,30-/m0/s1. The number of piperazine rings is 1. The van der Waals surface area contributed by atoms with Crippen molar-refractivity contribution in [2.24, 2.45) is 5.73 Å². The van der Waals surface area contributed by atoms with Gasteiger partial charge in [-0.15, -0.1) is 0 Å². The summed E-state index contributed by atoms with van der Waals surface area (Å²) >= 11 is 0. The molecule has 1 saturated carbocycles. The first kappa shape index (κ1) is 31.1. The number of hydrogen-bond donors (Lipinski definition) is 3. The Labute approximate surface area is 248 Å². The molecule has 3 aromatic rings. The predicted molar refractivity (Wildman–Crippen MR) is 156 cm³/mol. The van der Waals surface area contributed by atoms with Gasteiger partial charge in [-0.05, 0) is 80.1 Å². The lowest BCUT2D eigenvalue weighted by Crippen LogP contribution is -2.59. The Morgan fingerprint density at radius 3 is 2.30 bits per heavy atom. The first-order valence-electron chi connectivity index (χ1n) is 14.2. The molecule has 4 N–H and O–H groups in total. The molecule has 2 aliphatic rings. The second-order valence-corrected chi connectivity index (χ2v) is 13.4. The number of nitrogens with two attached hydrogens (primary N) is 1. The molecule has 1 amide bonds. The van der Waals surface area contributed by atoms with Crippen molar-refractivity contribution in [1.29, 1.82) is 0 Å². The van der Waals surface area contributed by atoms with Crippen molar-refractivity contribution in [3.63, 3.8) is 0 Å². The largest absolute Gasteiger partial charge is 0.324 e. The van der Waals surface area contributed by atoms with Gasteiger partial charge in [0.15, 0.2) is 0 Å². The van der Waals surface area contributed by atoms with Crippen LogP contribution in [0.5, 0.6) is 0 Å². The fourth-order valence-corrected chi connectivity index (χ4v) is 8.11. The summed E-state index contributed by atoms with van der Waals surface area (Å²) in [4.78, 5) is 13.5. The van der Waals surface area contributed by atoms with E-state index < -0.39 is 57.2 Å². The van der Waals surface area contributed by atoms with E-state index in [9.17, 15) is 26.4 Å². The van der Waals surface area contributed by atoms with E-state index in [4.69, 9.17) is 5.73 Å². The summed E-state index contributed by atoms with van der Waals surface area (Å²) in [6, 6.07) is 10.0. The highest BCUT2D eigenvalue weighted by molar-refractivity contribution is 7.90. The van der Waals surface area contributed by atoms with E-state index in [0.717, 1.165) is 24.3 Å². The van der Waals surface area contributed by atoms with E-state index in [2.05, 4.69) is 10.6 Å². The maximum absolute atomic E-state index is 15.2. The average Bonchev–Trinajstić information content (AvgIpc) is 3.80. The van der Waals surface area contributed by atoms with Crippen molar-refractivity contribution in [3.8, 4) is 0 Å². The summed E-state index contributed by atoms with van der Waals surface area (Å²) in [7, 11) is -3.48. The third-order valence-corrected chi connectivity index (χ3v) is 10.7. The number of carbonyl (C=O) groups excluding carboxylic acids is 1. The molecule has 4 atom stereocenters. The number of halogens is 4. The van der Waals surface area contributed by atoms with Gasteiger partial charge in [-0.3, -0.25) is 4.79 Å². The summed E-state index contributed by atoms with van der Waals surface area (Å²) in [5.74, 6) is -4.67. The van der Waals surface area contributed by atoms with Gasteiger partial charge >= 0.3 is 0 Å². The molecule has 43 heavy (non-hydrogen) atoms. The van der Waals surface area contributed by atoms with Gasteiger partial charge < -0.3 is 16.4 Å². The normalized spacial score (nSPS) is 20.9. The molecular weight excluding hydrogens is 584 g/mol. The summed E-state index contributed by atoms with van der Waals surface area (Å²) in [5, 5.41) is 5.54. The van der Waals surface area contributed by atoms with E-state index >= 15 is 4.39 Å². The zero-order valence-electron chi connectivity index (χ0n) is 23.6. The van der Waals surface area contributed by atoms with Gasteiger partial charge in [-0.25, -0.2) is 26.0 Å². The molecule has 1 aliphatic carbocycles. The fraction of sp³-hybridized carbons (Fsp3) is 0.387. The van der Waals surface area contributed by atoms with Crippen LogP contribution in [-0.4, -0.2) is 55.1 Å². The molecule has 1 aliphatic heterocycles. The van der Waals surface area contributed by atoms with Gasteiger partial charge in [-0.2, -0.15) is 4.31 Å². The molecule has 12 heteroatoms. The van der Waals surface area contributed by atoms with Crippen LogP contribution in [0.2, 0.25) is 0 Å². The number of rotatable bonds is 10. The highest BCUT2D eigenvalue weighted by Gasteiger charge is 2.45. The van der Waals surface area contributed by atoms with Crippen LogP contribution in [0.4, 0.5) is 23.2 Å². The summed E-state index contributed by atoms with van der Waals surface area (Å²) in [5.41, 5.74) is 7.13. The molecule has 7 nitrogen and oxygen atoms in total. The minimum Gasteiger partial charge on any atom is -0.324 e. The van der Waals surface area contributed by atoms with Crippen molar-refractivity contribution in [2.45, 2.75) is 61.9 Å². The molecule has 1 unspecified atom stereocenters. The van der Waals surface area contributed by atoms with E-state index in [1.54, 1.807) is 4.31 Å². The van der Waals surface area contributed by atoms with Crippen molar-refractivity contribution in [2.75, 3.05) is 18.4 Å². The van der Waals surface area contributed by atoms with Crippen molar-refractivity contribution in [1.82, 2.24) is 9.62 Å². The maximum Gasteiger partial charge on any atom is 0.242 e. The number of carbonyl (C=O) groups is 1. The van der Waals surface area contributed by atoms with Crippen LogP contribution in [0, 0.1) is 23.3 Å². The van der Waals surface area contributed by atoms with Crippen LogP contribution >= 0.6 is 0 Å². The highest BCUT2D eigenvalue weighted by atomic mass is 32.2. The van der Waals surface area contributed by atoms with E-state index in [1.807, 2.05) is 6.92 Å². The second-order valence-electron chi connectivity index (χ2n) is 11.3. The second kappa shape index (κ2) is 12.7. The van der Waals surface area contributed by atoms with Crippen LogP contribution < -0.4 is 16.4 Å². The topological polar surface area (TPSA) is 105 Å². The van der Waals surface area contributed by atoms with E-state index in [0.29, 0.717) is 44.0 Å². The first-order valence-corrected chi connectivity index (χ1v) is 15.7. The lowest BCUT2D eigenvalue weighted by atomic mass is 9.84. The lowest BCUT2D eigenvalue weighted by molar-refractivity contribution is -0.117. The van der Waals surface area contributed by atoms with Gasteiger partial charge in [0.2, 0.25) is 15.9 Å². The van der Waals surface area contributed by atoms with Crippen LogP contribution in [0.3, 0.4) is 0 Å². The Morgan fingerprint density at radius 1 is 0.977 bits per heavy atom.